The molecule has 0 fully saturated rings. The van der Waals surface area contributed by atoms with Crippen molar-refractivity contribution in [3.8, 4) is 5.88 Å². The molecule has 128 valence electrons. The molecule has 7 nitrogen and oxygen atoms in total. The Hall–Kier alpha value is -2.31. The van der Waals surface area contributed by atoms with Crippen molar-refractivity contribution in [3.63, 3.8) is 0 Å². The zero-order valence-electron chi connectivity index (χ0n) is 14.1. The molecule has 0 spiro atoms. The van der Waals surface area contributed by atoms with E-state index >= 15 is 0 Å². The summed E-state index contributed by atoms with van der Waals surface area (Å²) in [5, 5.41) is 5.56. The second kappa shape index (κ2) is 9.66. The van der Waals surface area contributed by atoms with Crippen LogP contribution in [0.15, 0.2) is 18.3 Å². The van der Waals surface area contributed by atoms with E-state index in [2.05, 4.69) is 15.6 Å². The molecular formula is C16H25N3O4. The minimum atomic E-state index is -0.480. The van der Waals surface area contributed by atoms with Gasteiger partial charge in [-0.1, -0.05) is 13.8 Å². The van der Waals surface area contributed by atoms with Crippen molar-refractivity contribution in [1.29, 1.82) is 0 Å². The van der Waals surface area contributed by atoms with E-state index in [9.17, 15) is 9.59 Å². The van der Waals surface area contributed by atoms with Gasteiger partial charge in [0, 0.05) is 18.8 Å². The molecule has 7 heteroatoms. The number of pyridine rings is 1. The average molecular weight is 323 g/mol. The monoisotopic (exact) mass is 323 g/mol. The van der Waals surface area contributed by atoms with E-state index in [1.54, 1.807) is 25.3 Å². The molecule has 0 bridgehead atoms. The van der Waals surface area contributed by atoms with Crippen LogP contribution in [-0.2, 0) is 4.74 Å². The Balaban J connectivity index is 2.65. The van der Waals surface area contributed by atoms with Crippen LogP contribution in [0.5, 0.6) is 5.88 Å². The average Bonchev–Trinajstić information content (AvgIpc) is 2.51. The van der Waals surface area contributed by atoms with Gasteiger partial charge in [-0.25, -0.2) is 9.78 Å². The number of hydrogen-bond donors (Lipinski definition) is 2. The maximum Gasteiger partial charge on any atom is 0.407 e. The van der Waals surface area contributed by atoms with Gasteiger partial charge in [-0.05, 0) is 31.4 Å². The van der Waals surface area contributed by atoms with E-state index in [1.807, 2.05) is 13.8 Å². The maximum atomic E-state index is 12.3. The number of amides is 2. The quantitative estimate of drug-likeness (QED) is 0.763. The summed E-state index contributed by atoms with van der Waals surface area (Å²) in [5.41, 5.74) is 0.356. The number of carbonyl (C=O) groups excluding carboxylic acids is 2. The number of nitrogens with one attached hydrogen (secondary N) is 2. The molecular weight excluding hydrogens is 298 g/mol. The normalized spacial score (nSPS) is 11.7. The first-order chi connectivity index (χ1) is 11.0. The smallest absolute Gasteiger partial charge is 0.407 e. The van der Waals surface area contributed by atoms with Gasteiger partial charge < -0.3 is 20.1 Å². The highest BCUT2D eigenvalue weighted by atomic mass is 16.5. The molecule has 0 radical (unpaired) electrons. The van der Waals surface area contributed by atoms with E-state index in [-0.39, 0.29) is 17.8 Å². The fourth-order valence-corrected chi connectivity index (χ4v) is 2.14. The third-order valence-electron chi connectivity index (χ3n) is 3.07. The highest BCUT2D eigenvalue weighted by Crippen LogP contribution is 2.13. The molecule has 2 N–H and O–H groups in total. The van der Waals surface area contributed by atoms with Crippen molar-refractivity contribution in [2.75, 3.05) is 20.3 Å². The van der Waals surface area contributed by atoms with Gasteiger partial charge in [0.25, 0.3) is 5.91 Å². The first-order valence-electron chi connectivity index (χ1n) is 7.68. The van der Waals surface area contributed by atoms with Gasteiger partial charge in [-0.3, -0.25) is 4.79 Å². The summed E-state index contributed by atoms with van der Waals surface area (Å²) in [6.07, 6.45) is 1.80. The summed E-state index contributed by atoms with van der Waals surface area (Å²) < 4.78 is 9.96. The molecule has 2 amide bonds. The molecule has 1 heterocycles. The number of methoxy groups -OCH3 is 1. The van der Waals surface area contributed by atoms with Crippen LogP contribution < -0.4 is 15.4 Å². The summed E-state index contributed by atoms with van der Waals surface area (Å²) >= 11 is 0. The Labute approximate surface area is 136 Å². The number of nitrogens with zero attached hydrogens (tertiary/aromatic N) is 1. The molecule has 0 aliphatic heterocycles. The highest BCUT2D eigenvalue weighted by molar-refractivity contribution is 5.96. The van der Waals surface area contributed by atoms with E-state index in [1.165, 1.54) is 7.11 Å². The van der Waals surface area contributed by atoms with Gasteiger partial charge in [0.1, 0.15) is 5.56 Å². The van der Waals surface area contributed by atoms with Crippen LogP contribution in [-0.4, -0.2) is 43.3 Å². The summed E-state index contributed by atoms with van der Waals surface area (Å²) in [4.78, 5) is 27.8. The first kappa shape index (κ1) is 18.7. The minimum absolute atomic E-state index is 0.208. The Kier molecular flexibility index (Phi) is 7.87. The third-order valence-corrected chi connectivity index (χ3v) is 3.07. The van der Waals surface area contributed by atoms with Crippen LogP contribution in [0.4, 0.5) is 4.79 Å². The zero-order chi connectivity index (χ0) is 17.2. The molecule has 0 unspecified atom stereocenters. The lowest BCUT2D eigenvalue weighted by molar-refractivity contribution is 0.0940. The number of alkyl carbamates (subject to hydrolysis) is 1. The predicted octanol–water partition coefficient (Wildman–Crippen LogP) is 1.98. The van der Waals surface area contributed by atoms with Crippen LogP contribution in [0, 0.1) is 5.92 Å². The lowest BCUT2D eigenvalue weighted by Crippen LogP contribution is -2.44. The topological polar surface area (TPSA) is 89.6 Å². The standard InChI is InChI=1S/C16H25N3O4/c1-5-23-16(21)19-12(9-11(2)3)10-18-14(20)13-7-6-8-17-15(13)22-4/h6-8,11-12H,5,9-10H2,1-4H3,(H,18,20)(H,19,21)/t12-/m0/s1. The van der Waals surface area contributed by atoms with Gasteiger partial charge in [-0.15, -0.1) is 0 Å². The fourth-order valence-electron chi connectivity index (χ4n) is 2.14. The van der Waals surface area contributed by atoms with Crippen molar-refractivity contribution >= 4 is 12.0 Å². The molecule has 1 atom stereocenters. The second-order valence-corrected chi connectivity index (χ2v) is 5.46. The molecule has 1 aromatic heterocycles. The van der Waals surface area contributed by atoms with Crippen LogP contribution in [0.3, 0.4) is 0 Å². The maximum absolute atomic E-state index is 12.3. The van der Waals surface area contributed by atoms with Crippen LogP contribution >= 0.6 is 0 Å². The summed E-state index contributed by atoms with van der Waals surface area (Å²) in [5.74, 6) is 0.338. The van der Waals surface area contributed by atoms with Crippen molar-refractivity contribution in [2.24, 2.45) is 5.92 Å². The van der Waals surface area contributed by atoms with Crippen LogP contribution in [0.1, 0.15) is 37.6 Å². The lowest BCUT2D eigenvalue weighted by Gasteiger charge is -2.21. The molecule has 0 aliphatic rings. The second-order valence-electron chi connectivity index (χ2n) is 5.46. The highest BCUT2D eigenvalue weighted by Gasteiger charge is 2.18. The Bertz CT molecular complexity index is 520. The molecule has 0 saturated heterocycles. The number of rotatable bonds is 8. The van der Waals surface area contributed by atoms with Crippen molar-refractivity contribution in [3.05, 3.63) is 23.9 Å². The SMILES string of the molecule is CCOC(=O)N[C@H](CNC(=O)c1cccnc1OC)CC(C)C. The fraction of sp³-hybridized carbons (Fsp3) is 0.562. The number of hydrogen-bond acceptors (Lipinski definition) is 5. The van der Waals surface area contributed by atoms with Gasteiger partial charge in [-0.2, -0.15) is 0 Å². The van der Waals surface area contributed by atoms with E-state index in [0.29, 0.717) is 24.6 Å². The number of carbonyl (C=O) groups is 2. The van der Waals surface area contributed by atoms with E-state index in [0.717, 1.165) is 6.42 Å². The predicted molar refractivity (Wildman–Crippen MR) is 86.5 cm³/mol. The number of aromatic nitrogens is 1. The molecule has 0 aliphatic carbocycles. The summed E-state index contributed by atoms with van der Waals surface area (Å²) in [6, 6.07) is 3.10. The Morgan fingerprint density at radius 2 is 2.09 bits per heavy atom. The largest absolute Gasteiger partial charge is 0.480 e. The summed E-state index contributed by atoms with van der Waals surface area (Å²) in [7, 11) is 1.46. The lowest BCUT2D eigenvalue weighted by atomic mass is 10.0. The third kappa shape index (κ3) is 6.54. The molecule has 23 heavy (non-hydrogen) atoms. The molecule has 1 rings (SSSR count). The van der Waals surface area contributed by atoms with Gasteiger partial charge in [0.05, 0.1) is 13.7 Å². The Morgan fingerprint density at radius 3 is 2.70 bits per heavy atom. The van der Waals surface area contributed by atoms with E-state index < -0.39 is 6.09 Å². The minimum Gasteiger partial charge on any atom is -0.480 e. The first-order valence-corrected chi connectivity index (χ1v) is 7.68. The van der Waals surface area contributed by atoms with Gasteiger partial charge >= 0.3 is 6.09 Å². The van der Waals surface area contributed by atoms with Gasteiger partial charge in [0.15, 0.2) is 0 Å². The molecule has 0 saturated carbocycles. The van der Waals surface area contributed by atoms with Crippen LogP contribution in [0.2, 0.25) is 0 Å². The zero-order valence-corrected chi connectivity index (χ0v) is 14.1. The van der Waals surface area contributed by atoms with E-state index in [4.69, 9.17) is 9.47 Å². The van der Waals surface area contributed by atoms with Crippen molar-refractivity contribution in [2.45, 2.75) is 33.2 Å². The van der Waals surface area contributed by atoms with Crippen molar-refractivity contribution in [1.82, 2.24) is 15.6 Å². The summed E-state index contributed by atoms with van der Waals surface area (Å²) in [6.45, 7) is 6.44. The number of ether oxygens (including phenoxy) is 2. The Morgan fingerprint density at radius 1 is 1.35 bits per heavy atom. The van der Waals surface area contributed by atoms with Gasteiger partial charge in [0.2, 0.25) is 5.88 Å². The van der Waals surface area contributed by atoms with Crippen molar-refractivity contribution < 1.29 is 19.1 Å². The van der Waals surface area contributed by atoms with Crippen LogP contribution in [0.25, 0.3) is 0 Å². The molecule has 1 aromatic rings. The molecule has 0 aromatic carbocycles.